The molecule has 27 heavy (non-hydrogen) atoms. The lowest BCUT2D eigenvalue weighted by Gasteiger charge is -2.16. The number of hydrogen-bond acceptors (Lipinski definition) is 4. The first-order chi connectivity index (χ1) is 12.9. The molecule has 1 N–H and O–H groups in total. The quantitative estimate of drug-likeness (QED) is 0.688. The molecule has 0 aliphatic heterocycles. The van der Waals surface area contributed by atoms with E-state index in [0.29, 0.717) is 35.3 Å². The molecule has 1 atom stereocenters. The van der Waals surface area contributed by atoms with Crippen molar-refractivity contribution in [1.29, 1.82) is 0 Å². The summed E-state index contributed by atoms with van der Waals surface area (Å²) in [5.74, 6) is 1.25. The van der Waals surface area contributed by atoms with Gasteiger partial charge in [-0.25, -0.2) is 0 Å². The van der Waals surface area contributed by atoms with Crippen LogP contribution in [0.3, 0.4) is 0 Å². The van der Waals surface area contributed by atoms with Crippen LogP contribution in [0.1, 0.15) is 35.3 Å². The molecular weight excluding hydrogens is 366 g/mol. The Morgan fingerprint density at radius 3 is 2.63 bits per heavy atom. The Kier molecular flexibility index (Phi) is 7.95. The summed E-state index contributed by atoms with van der Waals surface area (Å²) >= 11 is 6.05. The number of nitrogens with one attached hydrogen (secondary N) is 1. The van der Waals surface area contributed by atoms with Crippen molar-refractivity contribution in [2.24, 2.45) is 0 Å². The topological polar surface area (TPSA) is 56.8 Å². The van der Waals surface area contributed by atoms with E-state index in [9.17, 15) is 4.79 Å². The summed E-state index contributed by atoms with van der Waals surface area (Å²) in [4.78, 5) is 12.4. The summed E-state index contributed by atoms with van der Waals surface area (Å²) in [6.45, 7) is 7.00. The van der Waals surface area contributed by atoms with Gasteiger partial charge in [-0.05, 0) is 62.7 Å². The molecule has 2 rings (SSSR count). The molecule has 0 unspecified atom stereocenters. The first-order valence-electron chi connectivity index (χ1n) is 8.89. The molecular formula is C21H26ClNO4. The molecule has 5 nitrogen and oxygen atoms in total. The molecule has 0 saturated carbocycles. The minimum atomic E-state index is -0.161. The zero-order valence-electron chi connectivity index (χ0n) is 16.2. The Balaban J connectivity index is 2.16. The minimum Gasteiger partial charge on any atom is -0.493 e. The average Bonchev–Trinajstić information content (AvgIpc) is 2.64. The van der Waals surface area contributed by atoms with E-state index in [0.717, 1.165) is 11.1 Å². The molecule has 0 aliphatic carbocycles. The second-order valence-corrected chi connectivity index (χ2v) is 6.69. The van der Waals surface area contributed by atoms with Crippen LogP contribution in [-0.4, -0.2) is 32.3 Å². The summed E-state index contributed by atoms with van der Waals surface area (Å²) in [7, 11) is 1.60. The van der Waals surface area contributed by atoms with Crippen molar-refractivity contribution >= 4 is 17.5 Å². The maximum atomic E-state index is 12.4. The lowest BCUT2D eigenvalue weighted by atomic mass is 10.1. The van der Waals surface area contributed by atoms with E-state index in [4.69, 9.17) is 25.8 Å². The predicted octanol–water partition coefficient (Wildman–Crippen LogP) is 4.39. The van der Waals surface area contributed by atoms with Gasteiger partial charge in [0.25, 0.3) is 5.91 Å². The number of halogens is 1. The Morgan fingerprint density at radius 1 is 1.19 bits per heavy atom. The van der Waals surface area contributed by atoms with Crippen molar-refractivity contribution in [3.8, 4) is 11.5 Å². The normalized spacial score (nSPS) is 11.7. The summed E-state index contributed by atoms with van der Waals surface area (Å²) < 4.78 is 16.6. The Morgan fingerprint density at radius 2 is 1.96 bits per heavy atom. The lowest BCUT2D eigenvalue weighted by molar-refractivity contribution is 0.0905. The zero-order chi connectivity index (χ0) is 19.8. The highest BCUT2D eigenvalue weighted by Gasteiger charge is 2.13. The molecule has 0 aliphatic rings. The van der Waals surface area contributed by atoms with Crippen LogP contribution >= 0.6 is 11.6 Å². The highest BCUT2D eigenvalue weighted by Crippen LogP contribution is 2.25. The maximum absolute atomic E-state index is 12.4. The van der Waals surface area contributed by atoms with Crippen LogP contribution in [0.2, 0.25) is 5.02 Å². The molecule has 6 heteroatoms. The molecule has 0 saturated heterocycles. The van der Waals surface area contributed by atoms with Gasteiger partial charge in [-0.2, -0.15) is 0 Å². The number of ether oxygens (including phenoxy) is 3. The fourth-order valence-electron chi connectivity index (χ4n) is 2.60. The third-order valence-electron chi connectivity index (χ3n) is 3.94. The van der Waals surface area contributed by atoms with Crippen LogP contribution in [0.25, 0.3) is 0 Å². The van der Waals surface area contributed by atoms with Crippen molar-refractivity contribution < 1.29 is 19.0 Å². The number of benzene rings is 2. The molecule has 0 spiro atoms. The van der Waals surface area contributed by atoms with Crippen LogP contribution in [0, 0.1) is 6.92 Å². The standard InChI is InChI=1S/C21H26ClNO4/c1-5-26-20-9-6-16(21(24)23-15(3)12-25-4)11-17(20)13-27-18-7-8-19(22)14(2)10-18/h6-11,15H,5,12-13H2,1-4H3,(H,23,24)/t15-/m0/s1. The number of carbonyl (C=O) groups excluding carboxylic acids is 1. The van der Waals surface area contributed by atoms with E-state index in [1.165, 1.54) is 0 Å². The van der Waals surface area contributed by atoms with Gasteiger partial charge in [-0.3, -0.25) is 4.79 Å². The maximum Gasteiger partial charge on any atom is 0.251 e. The zero-order valence-corrected chi connectivity index (χ0v) is 16.9. The fraction of sp³-hybridized carbons (Fsp3) is 0.381. The van der Waals surface area contributed by atoms with Crippen molar-refractivity contribution in [1.82, 2.24) is 5.32 Å². The van der Waals surface area contributed by atoms with E-state index in [-0.39, 0.29) is 18.6 Å². The van der Waals surface area contributed by atoms with E-state index in [1.807, 2.05) is 32.9 Å². The van der Waals surface area contributed by atoms with Crippen LogP contribution in [0.15, 0.2) is 36.4 Å². The third kappa shape index (κ3) is 6.15. The van der Waals surface area contributed by atoms with Crippen LogP contribution in [-0.2, 0) is 11.3 Å². The van der Waals surface area contributed by atoms with Gasteiger partial charge < -0.3 is 19.5 Å². The number of aryl methyl sites for hydroxylation is 1. The molecule has 0 bridgehead atoms. The van der Waals surface area contributed by atoms with Crippen LogP contribution < -0.4 is 14.8 Å². The average molecular weight is 392 g/mol. The number of rotatable bonds is 9. The third-order valence-corrected chi connectivity index (χ3v) is 4.36. The van der Waals surface area contributed by atoms with E-state index < -0.39 is 0 Å². The Bertz CT molecular complexity index is 779. The van der Waals surface area contributed by atoms with Gasteiger partial charge in [0.1, 0.15) is 18.1 Å². The first kappa shape index (κ1) is 21.1. The summed E-state index contributed by atoms with van der Waals surface area (Å²) in [5, 5.41) is 3.60. The number of amides is 1. The van der Waals surface area contributed by atoms with E-state index >= 15 is 0 Å². The minimum absolute atomic E-state index is 0.0780. The van der Waals surface area contributed by atoms with Crippen LogP contribution in [0.5, 0.6) is 11.5 Å². The van der Waals surface area contributed by atoms with Gasteiger partial charge in [0, 0.05) is 29.3 Å². The highest BCUT2D eigenvalue weighted by atomic mass is 35.5. The van der Waals surface area contributed by atoms with Crippen LogP contribution in [0.4, 0.5) is 0 Å². The van der Waals surface area contributed by atoms with Crippen molar-refractivity contribution in [2.45, 2.75) is 33.4 Å². The molecule has 2 aromatic carbocycles. The molecule has 0 fully saturated rings. The summed E-state index contributed by atoms with van der Waals surface area (Å²) in [6.07, 6.45) is 0. The predicted molar refractivity (Wildman–Crippen MR) is 107 cm³/mol. The van der Waals surface area contributed by atoms with Gasteiger partial charge in [-0.15, -0.1) is 0 Å². The highest BCUT2D eigenvalue weighted by molar-refractivity contribution is 6.31. The van der Waals surface area contributed by atoms with Gasteiger partial charge in [0.15, 0.2) is 0 Å². The second kappa shape index (κ2) is 10.2. The molecule has 0 aromatic heterocycles. The Hall–Kier alpha value is -2.24. The fourth-order valence-corrected chi connectivity index (χ4v) is 2.71. The largest absolute Gasteiger partial charge is 0.493 e. The number of carbonyl (C=O) groups is 1. The van der Waals surface area contributed by atoms with Gasteiger partial charge in [0.05, 0.1) is 13.2 Å². The van der Waals surface area contributed by atoms with Gasteiger partial charge >= 0.3 is 0 Å². The van der Waals surface area contributed by atoms with Gasteiger partial charge in [-0.1, -0.05) is 11.6 Å². The van der Waals surface area contributed by atoms with Gasteiger partial charge in [0.2, 0.25) is 0 Å². The van der Waals surface area contributed by atoms with E-state index in [1.54, 1.807) is 31.4 Å². The first-order valence-corrected chi connectivity index (χ1v) is 9.26. The SMILES string of the molecule is CCOc1ccc(C(=O)N[C@@H](C)COC)cc1COc1ccc(Cl)c(C)c1. The second-order valence-electron chi connectivity index (χ2n) is 6.29. The lowest BCUT2D eigenvalue weighted by Crippen LogP contribution is -2.35. The Labute approximate surface area is 165 Å². The van der Waals surface area contributed by atoms with E-state index in [2.05, 4.69) is 5.32 Å². The number of hydrogen-bond donors (Lipinski definition) is 1. The molecule has 0 radical (unpaired) electrons. The summed E-state index contributed by atoms with van der Waals surface area (Å²) in [6, 6.07) is 10.8. The molecule has 2 aromatic rings. The van der Waals surface area contributed by atoms with Crippen molar-refractivity contribution in [3.05, 3.63) is 58.1 Å². The monoisotopic (exact) mass is 391 g/mol. The number of methoxy groups -OCH3 is 1. The summed E-state index contributed by atoms with van der Waals surface area (Å²) in [5.41, 5.74) is 2.29. The molecule has 146 valence electrons. The van der Waals surface area contributed by atoms with Crippen molar-refractivity contribution in [3.63, 3.8) is 0 Å². The molecule has 0 heterocycles. The molecule has 1 amide bonds. The smallest absolute Gasteiger partial charge is 0.251 e. The van der Waals surface area contributed by atoms with Crippen molar-refractivity contribution in [2.75, 3.05) is 20.3 Å².